The van der Waals surface area contributed by atoms with Crippen LogP contribution >= 0.6 is 0 Å². The highest BCUT2D eigenvalue weighted by atomic mass is 16.5. The third-order valence-electron chi connectivity index (χ3n) is 5.36. The first kappa shape index (κ1) is 15.2. The third-order valence-corrected chi connectivity index (χ3v) is 5.36. The smallest absolute Gasteiger partial charge is 0.256 e. The molecule has 0 bridgehead atoms. The van der Waals surface area contributed by atoms with Crippen molar-refractivity contribution < 1.29 is 14.3 Å². The number of fused-ring (bicyclic) bond motifs is 1. The Kier molecular flexibility index (Phi) is 3.93. The predicted molar refractivity (Wildman–Crippen MR) is 86.5 cm³/mol. The van der Waals surface area contributed by atoms with E-state index in [2.05, 4.69) is 4.98 Å². The van der Waals surface area contributed by atoms with E-state index in [4.69, 9.17) is 9.47 Å². The third kappa shape index (κ3) is 2.92. The van der Waals surface area contributed by atoms with E-state index in [0.717, 1.165) is 48.9 Å². The first-order chi connectivity index (χ1) is 11.1. The van der Waals surface area contributed by atoms with Gasteiger partial charge in [-0.3, -0.25) is 4.79 Å². The van der Waals surface area contributed by atoms with Crippen LogP contribution in [0.25, 0.3) is 0 Å². The molecule has 1 saturated carbocycles. The molecule has 0 radical (unpaired) electrons. The Morgan fingerprint density at radius 1 is 1.39 bits per heavy atom. The molecule has 1 N–H and O–H groups in total. The number of nitrogens with zero attached hydrogens (tertiary/aromatic N) is 1. The minimum atomic E-state index is 0.0326. The predicted octanol–water partition coefficient (Wildman–Crippen LogP) is 2.43. The number of likely N-dealkylation sites (tertiary alicyclic amines) is 1. The highest BCUT2D eigenvalue weighted by molar-refractivity contribution is 5.96. The SMILES string of the molecule is Cc1cc(C(=O)N2C[C@@H](OCC3CC3)[C@@H]3OCCC[C@@H]32)c(C)[nH]1. The number of amides is 1. The van der Waals surface area contributed by atoms with Crippen LogP contribution in [0.5, 0.6) is 0 Å². The Bertz CT molecular complexity index is 593. The molecule has 1 aromatic heterocycles. The van der Waals surface area contributed by atoms with Gasteiger partial charge in [0.05, 0.1) is 18.2 Å². The Hall–Kier alpha value is -1.33. The maximum atomic E-state index is 13.0. The lowest BCUT2D eigenvalue weighted by atomic mass is 10.0. The Labute approximate surface area is 137 Å². The van der Waals surface area contributed by atoms with Gasteiger partial charge in [0.1, 0.15) is 12.2 Å². The lowest BCUT2D eigenvalue weighted by Crippen LogP contribution is -2.44. The summed E-state index contributed by atoms with van der Waals surface area (Å²) >= 11 is 0. The normalized spacial score (nSPS) is 30.5. The molecular formula is C18H26N2O3. The quantitative estimate of drug-likeness (QED) is 0.927. The lowest BCUT2D eigenvalue weighted by molar-refractivity contribution is -0.0781. The van der Waals surface area contributed by atoms with Gasteiger partial charge in [0.25, 0.3) is 5.91 Å². The van der Waals surface area contributed by atoms with Crippen molar-refractivity contribution in [3.05, 3.63) is 23.0 Å². The molecular weight excluding hydrogens is 292 g/mol. The van der Waals surface area contributed by atoms with E-state index in [-0.39, 0.29) is 24.2 Å². The fourth-order valence-electron chi connectivity index (χ4n) is 3.93. The minimum Gasteiger partial charge on any atom is -0.373 e. The Morgan fingerprint density at radius 2 is 2.22 bits per heavy atom. The molecule has 3 heterocycles. The average molecular weight is 318 g/mol. The van der Waals surface area contributed by atoms with Crippen molar-refractivity contribution in [3.8, 4) is 0 Å². The van der Waals surface area contributed by atoms with Gasteiger partial charge >= 0.3 is 0 Å². The van der Waals surface area contributed by atoms with E-state index in [9.17, 15) is 4.79 Å². The molecule has 1 aromatic rings. The molecule has 126 valence electrons. The number of nitrogens with one attached hydrogen (secondary N) is 1. The van der Waals surface area contributed by atoms with Crippen LogP contribution in [0.15, 0.2) is 6.07 Å². The molecule has 3 atom stereocenters. The summed E-state index contributed by atoms with van der Waals surface area (Å²) in [6.45, 7) is 6.22. The second-order valence-corrected chi connectivity index (χ2v) is 7.31. The standard InChI is InChI=1S/C18H26N2O3/c1-11-8-14(12(2)19-11)18(21)20-9-16(23-10-13-5-6-13)17-15(20)4-3-7-22-17/h8,13,15-17,19H,3-7,9-10H2,1-2H3/t15-,16+,17+/m0/s1. The van der Waals surface area contributed by atoms with Gasteiger partial charge in [0.15, 0.2) is 0 Å². The molecule has 3 aliphatic rings. The number of aromatic nitrogens is 1. The van der Waals surface area contributed by atoms with E-state index >= 15 is 0 Å². The van der Waals surface area contributed by atoms with Crippen LogP contribution in [0.4, 0.5) is 0 Å². The topological polar surface area (TPSA) is 54.6 Å². The van der Waals surface area contributed by atoms with Crippen LogP contribution in [-0.4, -0.2) is 53.8 Å². The van der Waals surface area contributed by atoms with Gasteiger partial charge in [0.2, 0.25) is 0 Å². The summed E-state index contributed by atoms with van der Waals surface area (Å²) in [7, 11) is 0. The molecule has 2 saturated heterocycles. The number of ether oxygens (including phenoxy) is 2. The zero-order valence-electron chi connectivity index (χ0n) is 14.0. The molecule has 0 spiro atoms. The molecule has 1 aliphatic carbocycles. The number of hydrogen-bond acceptors (Lipinski definition) is 3. The van der Waals surface area contributed by atoms with Crippen molar-refractivity contribution in [3.63, 3.8) is 0 Å². The summed E-state index contributed by atoms with van der Waals surface area (Å²) in [5.74, 6) is 0.848. The van der Waals surface area contributed by atoms with Gasteiger partial charge in [-0.1, -0.05) is 0 Å². The number of rotatable bonds is 4. The van der Waals surface area contributed by atoms with Gasteiger partial charge in [-0.2, -0.15) is 0 Å². The van der Waals surface area contributed by atoms with Gasteiger partial charge in [-0.25, -0.2) is 0 Å². The highest BCUT2D eigenvalue weighted by Crippen LogP contribution is 2.35. The highest BCUT2D eigenvalue weighted by Gasteiger charge is 2.47. The number of hydrogen-bond donors (Lipinski definition) is 1. The number of carbonyl (C=O) groups is 1. The van der Waals surface area contributed by atoms with Crippen LogP contribution in [0.2, 0.25) is 0 Å². The summed E-state index contributed by atoms with van der Waals surface area (Å²) in [5.41, 5.74) is 2.76. The maximum Gasteiger partial charge on any atom is 0.256 e. The van der Waals surface area contributed by atoms with E-state index in [1.165, 1.54) is 12.8 Å². The van der Waals surface area contributed by atoms with E-state index in [1.807, 2.05) is 24.8 Å². The fourth-order valence-corrected chi connectivity index (χ4v) is 3.93. The molecule has 23 heavy (non-hydrogen) atoms. The van der Waals surface area contributed by atoms with Crippen LogP contribution in [0.1, 0.15) is 47.4 Å². The van der Waals surface area contributed by atoms with Crippen molar-refractivity contribution >= 4 is 5.91 Å². The molecule has 0 aromatic carbocycles. The van der Waals surface area contributed by atoms with Gasteiger partial charge < -0.3 is 19.4 Å². The summed E-state index contributed by atoms with van der Waals surface area (Å²) in [4.78, 5) is 18.3. The summed E-state index contributed by atoms with van der Waals surface area (Å²) < 4.78 is 12.1. The zero-order valence-corrected chi connectivity index (χ0v) is 14.0. The number of aromatic amines is 1. The molecule has 5 nitrogen and oxygen atoms in total. The van der Waals surface area contributed by atoms with Crippen LogP contribution in [0.3, 0.4) is 0 Å². The molecule has 3 fully saturated rings. The summed E-state index contributed by atoms with van der Waals surface area (Å²) in [6.07, 6.45) is 4.68. The lowest BCUT2D eigenvalue weighted by Gasteiger charge is -2.32. The van der Waals surface area contributed by atoms with Crippen LogP contribution in [0, 0.1) is 19.8 Å². The summed E-state index contributed by atoms with van der Waals surface area (Å²) in [5, 5.41) is 0. The van der Waals surface area contributed by atoms with E-state index in [1.54, 1.807) is 0 Å². The van der Waals surface area contributed by atoms with Crippen molar-refractivity contribution in [1.29, 1.82) is 0 Å². The first-order valence-corrected chi connectivity index (χ1v) is 8.84. The second-order valence-electron chi connectivity index (χ2n) is 7.31. The monoisotopic (exact) mass is 318 g/mol. The number of carbonyl (C=O) groups excluding carboxylic acids is 1. The van der Waals surface area contributed by atoms with Crippen LogP contribution in [-0.2, 0) is 9.47 Å². The molecule has 2 aliphatic heterocycles. The Balaban J connectivity index is 1.52. The average Bonchev–Trinajstić information content (AvgIpc) is 3.21. The largest absolute Gasteiger partial charge is 0.373 e. The van der Waals surface area contributed by atoms with Crippen molar-refractivity contribution in [2.75, 3.05) is 19.8 Å². The molecule has 5 heteroatoms. The first-order valence-electron chi connectivity index (χ1n) is 8.84. The van der Waals surface area contributed by atoms with Crippen molar-refractivity contribution in [1.82, 2.24) is 9.88 Å². The van der Waals surface area contributed by atoms with Gasteiger partial charge in [-0.05, 0) is 51.5 Å². The molecule has 0 unspecified atom stereocenters. The van der Waals surface area contributed by atoms with Gasteiger partial charge in [-0.15, -0.1) is 0 Å². The van der Waals surface area contributed by atoms with E-state index in [0.29, 0.717) is 6.54 Å². The molecule has 4 rings (SSSR count). The van der Waals surface area contributed by atoms with Gasteiger partial charge in [0, 0.05) is 24.6 Å². The molecule has 1 amide bonds. The number of aryl methyl sites for hydroxylation is 2. The Morgan fingerprint density at radius 3 is 2.91 bits per heavy atom. The summed E-state index contributed by atoms with van der Waals surface area (Å²) in [6, 6.07) is 2.12. The van der Waals surface area contributed by atoms with Crippen molar-refractivity contribution in [2.45, 2.75) is 57.8 Å². The minimum absolute atomic E-state index is 0.0326. The second kappa shape index (κ2) is 5.95. The fraction of sp³-hybridized carbons (Fsp3) is 0.722. The maximum absolute atomic E-state index is 13.0. The van der Waals surface area contributed by atoms with E-state index < -0.39 is 0 Å². The van der Waals surface area contributed by atoms with Crippen molar-refractivity contribution in [2.24, 2.45) is 5.92 Å². The number of H-pyrrole nitrogens is 1. The zero-order chi connectivity index (χ0) is 16.0. The van der Waals surface area contributed by atoms with Crippen LogP contribution < -0.4 is 0 Å².